The van der Waals surface area contributed by atoms with Gasteiger partial charge in [-0.15, -0.1) is 0 Å². The highest BCUT2D eigenvalue weighted by Gasteiger charge is 2.25. The van der Waals surface area contributed by atoms with Crippen molar-refractivity contribution in [2.45, 2.75) is 64.8 Å². The minimum atomic E-state index is -0.0554. The highest BCUT2D eigenvalue weighted by molar-refractivity contribution is 5.81. The van der Waals surface area contributed by atoms with Crippen LogP contribution in [0, 0.1) is 6.92 Å². The summed E-state index contributed by atoms with van der Waals surface area (Å²) in [5.41, 5.74) is 2.49. The van der Waals surface area contributed by atoms with Crippen LogP contribution < -0.4 is 5.32 Å². The zero-order valence-electron chi connectivity index (χ0n) is 15.2. The Bertz CT molecular complexity index is 516. The Hall–Kier alpha value is -1.35. The summed E-state index contributed by atoms with van der Waals surface area (Å²) in [5.74, 6) is 0.160. The number of nitrogens with one attached hydrogen (secondary N) is 1. The summed E-state index contributed by atoms with van der Waals surface area (Å²) in [4.78, 5) is 14.9. The number of carbonyl (C=O) groups excluding carboxylic acids is 1. The van der Waals surface area contributed by atoms with Crippen LogP contribution in [0.1, 0.15) is 57.6 Å². The van der Waals surface area contributed by atoms with Gasteiger partial charge in [-0.2, -0.15) is 0 Å². The second-order valence-corrected chi connectivity index (χ2v) is 7.60. The van der Waals surface area contributed by atoms with Crippen molar-refractivity contribution >= 4 is 5.91 Å². The molecule has 2 rings (SSSR count). The van der Waals surface area contributed by atoms with Gasteiger partial charge < -0.3 is 5.32 Å². The summed E-state index contributed by atoms with van der Waals surface area (Å²) in [7, 11) is 0. The Labute approximate surface area is 141 Å². The molecule has 0 radical (unpaired) electrons. The molecule has 1 heterocycles. The lowest BCUT2D eigenvalue weighted by Gasteiger charge is -2.30. The van der Waals surface area contributed by atoms with Gasteiger partial charge in [0.05, 0.1) is 6.04 Å². The van der Waals surface area contributed by atoms with Gasteiger partial charge in [-0.05, 0) is 45.3 Å². The molecule has 1 aromatic rings. The number of carbonyl (C=O) groups is 1. The number of likely N-dealkylation sites (tertiary alicyclic amines) is 1. The van der Waals surface area contributed by atoms with E-state index in [9.17, 15) is 4.79 Å². The van der Waals surface area contributed by atoms with Gasteiger partial charge in [-0.3, -0.25) is 9.69 Å². The molecule has 1 atom stereocenters. The van der Waals surface area contributed by atoms with E-state index in [1.54, 1.807) is 0 Å². The lowest BCUT2D eigenvalue weighted by atomic mass is 9.84. The van der Waals surface area contributed by atoms with Crippen LogP contribution in [-0.4, -0.2) is 36.5 Å². The molecule has 1 fully saturated rings. The second-order valence-electron chi connectivity index (χ2n) is 7.60. The molecular weight excluding hydrogens is 284 g/mol. The molecule has 0 saturated carbocycles. The van der Waals surface area contributed by atoms with E-state index in [0.717, 1.165) is 13.1 Å². The van der Waals surface area contributed by atoms with E-state index >= 15 is 0 Å². The average Bonchev–Trinajstić information content (AvgIpc) is 2.81. The van der Waals surface area contributed by atoms with Crippen molar-refractivity contribution in [1.29, 1.82) is 0 Å². The summed E-state index contributed by atoms with van der Waals surface area (Å²) in [5, 5.41) is 3.18. The first-order chi connectivity index (χ1) is 10.9. The molecule has 23 heavy (non-hydrogen) atoms. The summed E-state index contributed by atoms with van der Waals surface area (Å²) in [6.07, 6.45) is 5.02. The van der Waals surface area contributed by atoms with Crippen molar-refractivity contribution < 1.29 is 4.79 Å². The Morgan fingerprint density at radius 2 is 1.87 bits per heavy atom. The number of amides is 1. The lowest BCUT2D eigenvalue weighted by Crippen LogP contribution is -2.48. The maximum absolute atomic E-state index is 12.5. The third-order valence-electron chi connectivity index (χ3n) is 5.07. The molecule has 1 amide bonds. The second kappa shape index (κ2) is 7.96. The van der Waals surface area contributed by atoms with Crippen molar-refractivity contribution in [3.63, 3.8) is 0 Å². The van der Waals surface area contributed by atoms with Crippen molar-refractivity contribution in [3.8, 4) is 0 Å². The summed E-state index contributed by atoms with van der Waals surface area (Å²) in [6.45, 7) is 11.3. The molecule has 0 aromatic heterocycles. The summed E-state index contributed by atoms with van der Waals surface area (Å²) >= 11 is 0. The molecular formula is C20H32N2O. The number of hydrogen-bond acceptors (Lipinski definition) is 2. The standard InChI is InChI=1S/C20H32N2O/c1-16-10-9-11-18(14-16)20(3,4)15-21-19(23)17(2)22-12-7-5-6-8-13-22/h9-11,14,17H,5-8,12-13,15H2,1-4H3,(H,21,23)/t17-/m0/s1. The summed E-state index contributed by atoms with van der Waals surface area (Å²) < 4.78 is 0. The van der Waals surface area contributed by atoms with Gasteiger partial charge in [-0.1, -0.05) is 56.5 Å². The Balaban J connectivity index is 1.92. The van der Waals surface area contributed by atoms with Crippen molar-refractivity contribution in [2.75, 3.05) is 19.6 Å². The first kappa shape index (κ1) is 18.0. The number of rotatable bonds is 5. The van der Waals surface area contributed by atoms with Crippen molar-refractivity contribution in [2.24, 2.45) is 0 Å². The predicted molar refractivity (Wildman–Crippen MR) is 96.7 cm³/mol. The van der Waals surface area contributed by atoms with E-state index in [0.29, 0.717) is 6.54 Å². The first-order valence-corrected chi connectivity index (χ1v) is 8.99. The van der Waals surface area contributed by atoms with Crippen LogP contribution in [-0.2, 0) is 10.2 Å². The molecule has 0 unspecified atom stereocenters. The van der Waals surface area contributed by atoms with E-state index in [-0.39, 0.29) is 17.4 Å². The minimum Gasteiger partial charge on any atom is -0.354 e. The topological polar surface area (TPSA) is 32.3 Å². The highest BCUT2D eigenvalue weighted by Crippen LogP contribution is 2.23. The molecule has 128 valence electrons. The molecule has 3 nitrogen and oxygen atoms in total. The highest BCUT2D eigenvalue weighted by atomic mass is 16.2. The van der Waals surface area contributed by atoms with Crippen LogP contribution in [0.25, 0.3) is 0 Å². The normalized spacial score (nSPS) is 18.3. The molecule has 3 heteroatoms. The lowest BCUT2D eigenvalue weighted by molar-refractivity contribution is -0.126. The average molecular weight is 316 g/mol. The van der Waals surface area contributed by atoms with Gasteiger partial charge >= 0.3 is 0 Å². The van der Waals surface area contributed by atoms with E-state index in [1.165, 1.54) is 36.8 Å². The van der Waals surface area contributed by atoms with Crippen LogP contribution in [0.5, 0.6) is 0 Å². The maximum Gasteiger partial charge on any atom is 0.237 e. The van der Waals surface area contributed by atoms with Gasteiger partial charge in [0, 0.05) is 12.0 Å². The van der Waals surface area contributed by atoms with Crippen molar-refractivity contribution in [3.05, 3.63) is 35.4 Å². The molecule has 1 saturated heterocycles. The molecule has 0 bridgehead atoms. The first-order valence-electron chi connectivity index (χ1n) is 8.99. The van der Waals surface area contributed by atoms with Crippen LogP contribution in [0.2, 0.25) is 0 Å². The molecule has 0 spiro atoms. The number of benzene rings is 1. The fourth-order valence-electron chi connectivity index (χ4n) is 3.27. The third kappa shape index (κ3) is 5.07. The summed E-state index contributed by atoms with van der Waals surface area (Å²) in [6, 6.07) is 8.54. The SMILES string of the molecule is Cc1cccc(C(C)(C)CNC(=O)[C@H](C)N2CCCCCC2)c1. The molecule has 1 aromatic carbocycles. The van der Waals surface area contributed by atoms with E-state index in [1.807, 2.05) is 6.92 Å². The predicted octanol–water partition coefficient (Wildman–Crippen LogP) is 3.65. The van der Waals surface area contributed by atoms with E-state index < -0.39 is 0 Å². The Morgan fingerprint density at radius 1 is 1.22 bits per heavy atom. The molecule has 1 aliphatic heterocycles. The van der Waals surface area contributed by atoms with Crippen LogP contribution >= 0.6 is 0 Å². The minimum absolute atomic E-state index is 0.0265. The molecule has 1 N–H and O–H groups in total. The number of hydrogen-bond donors (Lipinski definition) is 1. The maximum atomic E-state index is 12.5. The number of nitrogens with zero attached hydrogens (tertiary/aromatic N) is 1. The third-order valence-corrected chi connectivity index (χ3v) is 5.07. The van der Waals surface area contributed by atoms with Gasteiger partial charge in [0.1, 0.15) is 0 Å². The van der Waals surface area contributed by atoms with Crippen LogP contribution in [0.4, 0.5) is 0 Å². The fraction of sp³-hybridized carbons (Fsp3) is 0.650. The van der Waals surface area contributed by atoms with Gasteiger partial charge in [0.25, 0.3) is 0 Å². The van der Waals surface area contributed by atoms with Crippen molar-refractivity contribution in [1.82, 2.24) is 10.2 Å². The monoisotopic (exact) mass is 316 g/mol. The van der Waals surface area contributed by atoms with Gasteiger partial charge in [-0.25, -0.2) is 0 Å². The Kier molecular flexibility index (Phi) is 6.23. The zero-order chi connectivity index (χ0) is 16.9. The van der Waals surface area contributed by atoms with E-state index in [4.69, 9.17) is 0 Å². The van der Waals surface area contributed by atoms with Gasteiger partial charge in [0.2, 0.25) is 5.91 Å². The molecule has 0 aliphatic carbocycles. The van der Waals surface area contributed by atoms with Crippen LogP contribution in [0.15, 0.2) is 24.3 Å². The molecule has 1 aliphatic rings. The number of aryl methyl sites for hydroxylation is 1. The quantitative estimate of drug-likeness (QED) is 0.899. The fourth-order valence-corrected chi connectivity index (χ4v) is 3.27. The zero-order valence-corrected chi connectivity index (χ0v) is 15.2. The van der Waals surface area contributed by atoms with Gasteiger partial charge in [0.15, 0.2) is 0 Å². The largest absolute Gasteiger partial charge is 0.354 e. The van der Waals surface area contributed by atoms with Crippen LogP contribution in [0.3, 0.4) is 0 Å². The van der Waals surface area contributed by atoms with E-state index in [2.05, 4.69) is 55.3 Å². The smallest absolute Gasteiger partial charge is 0.237 e. The Morgan fingerprint density at radius 3 is 2.48 bits per heavy atom.